The Morgan fingerprint density at radius 3 is 2.62 bits per heavy atom. The SMILES string of the molecule is CN(C)c1nc(N)c2ncn(CC(=O)OC(C)(C)C)c2n1. The summed E-state index contributed by atoms with van der Waals surface area (Å²) in [6, 6.07) is 0. The van der Waals surface area contributed by atoms with Crippen molar-refractivity contribution < 1.29 is 9.53 Å². The van der Waals surface area contributed by atoms with Crippen LogP contribution in [0.2, 0.25) is 0 Å². The van der Waals surface area contributed by atoms with Gasteiger partial charge in [0, 0.05) is 14.1 Å². The van der Waals surface area contributed by atoms with E-state index in [-0.39, 0.29) is 18.3 Å². The third kappa shape index (κ3) is 3.39. The molecule has 0 radical (unpaired) electrons. The smallest absolute Gasteiger partial charge is 0.326 e. The van der Waals surface area contributed by atoms with E-state index in [1.165, 1.54) is 6.33 Å². The minimum atomic E-state index is -0.531. The molecule has 114 valence electrons. The van der Waals surface area contributed by atoms with Crippen LogP contribution < -0.4 is 10.6 Å². The molecule has 2 N–H and O–H groups in total. The van der Waals surface area contributed by atoms with Crippen LogP contribution >= 0.6 is 0 Å². The number of nitrogen functional groups attached to an aromatic ring is 1. The van der Waals surface area contributed by atoms with E-state index < -0.39 is 5.60 Å². The van der Waals surface area contributed by atoms with Crippen LogP contribution in [0.1, 0.15) is 20.8 Å². The van der Waals surface area contributed by atoms with Gasteiger partial charge < -0.3 is 19.9 Å². The predicted octanol–water partition coefficient (Wildman–Crippen LogP) is 0.816. The first-order chi connectivity index (χ1) is 9.67. The van der Waals surface area contributed by atoms with E-state index >= 15 is 0 Å². The van der Waals surface area contributed by atoms with Crippen molar-refractivity contribution in [3.05, 3.63) is 6.33 Å². The fourth-order valence-electron chi connectivity index (χ4n) is 1.78. The number of rotatable bonds is 3. The molecule has 0 aromatic carbocycles. The zero-order valence-corrected chi connectivity index (χ0v) is 12.9. The lowest BCUT2D eigenvalue weighted by Crippen LogP contribution is -2.26. The molecule has 8 nitrogen and oxygen atoms in total. The lowest BCUT2D eigenvalue weighted by Gasteiger charge is -2.19. The summed E-state index contributed by atoms with van der Waals surface area (Å²) in [5, 5.41) is 0. The van der Waals surface area contributed by atoms with Gasteiger partial charge in [0.25, 0.3) is 0 Å². The summed E-state index contributed by atoms with van der Waals surface area (Å²) in [7, 11) is 3.63. The van der Waals surface area contributed by atoms with Crippen LogP contribution in [0.5, 0.6) is 0 Å². The van der Waals surface area contributed by atoms with Crippen LogP contribution in [0.3, 0.4) is 0 Å². The summed E-state index contributed by atoms with van der Waals surface area (Å²) in [4.78, 5) is 26.3. The van der Waals surface area contributed by atoms with Crippen LogP contribution in [0, 0.1) is 0 Å². The lowest BCUT2D eigenvalue weighted by atomic mass is 10.2. The van der Waals surface area contributed by atoms with Gasteiger partial charge in [-0.05, 0) is 20.8 Å². The summed E-state index contributed by atoms with van der Waals surface area (Å²) in [5.41, 5.74) is 6.33. The average Bonchev–Trinajstić information content (AvgIpc) is 2.70. The number of fused-ring (bicyclic) bond motifs is 1. The normalized spacial score (nSPS) is 11.7. The van der Waals surface area contributed by atoms with E-state index in [0.717, 1.165) is 0 Å². The molecule has 0 aliphatic rings. The van der Waals surface area contributed by atoms with Gasteiger partial charge in [0.1, 0.15) is 17.7 Å². The third-order valence-corrected chi connectivity index (χ3v) is 2.60. The Kier molecular flexibility index (Phi) is 3.71. The summed E-state index contributed by atoms with van der Waals surface area (Å²) in [5.74, 6) is 0.392. The van der Waals surface area contributed by atoms with Crippen LogP contribution in [-0.2, 0) is 16.1 Å². The van der Waals surface area contributed by atoms with Crippen LogP contribution in [0.4, 0.5) is 11.8 Å². The zero-order chi connectivity index (χ0) is 15.8. The van der Waals surface area contributed by atoms with Gasteiger partial charge in [-0.25, -0.2) is 4.98 Å². The molecule has 0 aliphatic heterocycles. The topological polar surface area (TPSA) is 99.2 Å². The number of carbonyl (C=O) groups is 1. The van der Waals surface area contributed by atoms with E-state index in [2.05, 4.69) is 15.0 Å². The number of esters is 1. The molecule has 0 atom stereocenters. The third-order valence-electron chi connectivity index (χ3n) is 2.60. The maximum atomic E-state index is 11.9. The molecule has 0 saturated heterocycles. The first-order valence-electron chi connectivity index (χ1n) is 6.55. The number of anilines is 2. The number of nitrogens with zero attached hydrogens (tertiary/aromatic N) is 5. The monoisotopic (exact) mass is 292 g/mol. The highest BCUT2D eigenvalue weighted by atomic mass is 16.6. The lowest BCUT2D eigenvalue weighted by molar-refractivity contribution is -0.155. The van der Waals surface area contributed by atoms with Crippen molar-refractivity contribution in [3.8, 4) is 0 Å². The second-order valence-electron chi connectivity index (χ2n) is 5.93. The fraction of sp³-hybridized carbons (Fsp3) is 0.538. The quantitative estimate of drug-likeness (QED) is 0.836. The van der Waals surface area contributed by atoms with Crippen molar-refractivity contribution in [2.75, 3.05) is 24.7 Å². The molecule has 0 amide bonds. The van der Waals surface area contributed by atoms with Crippen LogP contribution in [0.25, 0.3) is 11.2 Å². The number of carbonyl (C=O) groups excluding carboxylic acids is 1. The van der Waals surface area contributed by atoms with Crippen LogP contribution in [-0.4, -0.2) is 45.2 Å². The molecule has 2 aromatic rings. The van der Waals surface area contributed by atoms with E-state index in [1.54, 1.807) is 9.47 Å². The van der Waals surface area contributed by atoms with Gasteiger partial charge in [-0.1, -0.05) is 0 Å². The van der Waals surface area contributed by atoms with Gasteiger partial charge in [0.15, 0.2) is 11.5 Å². The molecule has 0 saturated carbocycles. The van der Waals surface area contributed by atoms with Crippen molar-refractivity contribution in [1.29, 1.82) is 0 Å². The molecule has 21 heavy (non-hydrogen) atoms. The first-order valence-corrected chi connectivity index (χ1v) is 6.55. The van der Waals surface area contributed by atoms with E-state index in [0.29, 0.717) is 17.1 Å². The Labute approximate surface area is 122 Å². The van der Waals surface area contributed by atoms with Crippen molar-refractivity contribution in [3.63, 3.8) is 0 Å². The first kappa shape index (κ1) is 15.0. The number of ether oxygens (including phenoxy) is 1. The second kappa shape index (κ2) is 5.19. The predicted molar refractivity (Wildman–Crippen MR) is 79.9 cm³/mol. The Morgan fingerprint density at radius 1 is 1.38 bits per heavy atom. The maximum Gasteiger partial charge on any atom is 0.326 e. The number of nitrogens with two attached hydrogens (primary N) is 1. The molecule has 0 spiro atoms. The molecular formula is C13H20N6O2. The Bertz CT molecular complexity index is 671. The van der Waals surface area contributed by atoms with E-state index in [1.807, 2.05) is 34.9 Å². The Morgan fingerprint density at radius 2 is 2.05 bits per heavy atom. The highest BCUT2D eigenvalue weighted by molar-refractivity contribution is 5.84. The van der Waals surface area contributed by atoms with Gasteiger partial charge in [-0.3, -0.25) is 4.79 Å². The van der Waals surface area contributed by atoms with Crippen molar-refractivity contribution in [1.82, 2.24) is 19.5 Å². The maximum absolute atomic E-state index is 11.9. The minimum Gasteiger partial charge on any atom is -0.459 e. The van der Waals surface area contributed by atoms with E-state index in [4.69, 9.17) is 10.5 Å². The number of imidazole rings is 1. The standard InChI is InChI=1S/C13H20N6O2/c1-13(2,3)21-8(20)6-19-7-15-9-10(14)16-12(18(4)5)17-11(9)19/h7H,6H2,1-5H3,(H2,14,16,17). The molecule has 0 fully saturated rings. The number of aromatic nitrogens is 4. The number of hydrogen-bond donors (Lipinski definition) is 1. The van der Waals surface area contributed by atoms with Crippen molar-refractivity contribution in [2.45, 2.75) is 32.9 Å². The largest absolute Gasteiger partial charge is 0.459 e. The number of hydrogen-bond acceptors (Lipinski definition) is 7. The van der Waals surface area contributed by atoms with Gasteiger partial charge in [0.2, 0.25) is 5.95 Å². The van der Waals surface area contributed by atoms with Crippen molar-refractivity contribution in [2.24, 2.45) is 0 Å². The zero-order valence-electron chi connectivity index (χ0n) is 12.9. The van der Waals surface area contributed by atoms with Crippen LogP contribution in [0.15, 0.2) is 6.33 Å². The Balaban J connectivity index is 2.35. The molecule has 2 rings (SSSR count). The second-order valence-corrected chi connectivity index (χ2v) is 5.93. The van der Waals surface area contributed by atoms with Gasteiger partial charge in [0.05, 0.1) is 6.33 Å². The average molecular weight is 292 g/mol. The van der Waals surface area contributed by atoms with Gasteiger partial charge in [-0.15, -0.1) is 0 Å². The summed E-state index contributed by atoms with van der Waals surface area (Å²) >= 11 is 0. The van der Waals surface area contributed by atoms with Gasteiger partial charge in [-0.2, -0.15) is 9.97 Å². The fourth-order valence-corrected chi connectivity index (χ4v) is 1.78. The molecule has 0 unspecified atom stereocenters. The summed E-state index contributed by atoms with van der Waals surface area (Å²) in [6.45, 7) is 5.49. The van der Waals surface area contributed by atoms with E-state index in [9.17, 15) is 4.79 Å². The molecule has 2 heterocycles. The molecule has 8 heteroatoms. The highest BCUT2D eigenvalue weighted by Crippen LogP contribution is 2.19. The molecule has 0 aliphatic carbocycles. The Hall–Kier alpha value is -2.38. The summed E-state index contributed by atoms with van der Waals surface area (Å²) < 4.78 is 6.90. The highest BCUT2D eigenvalue weighted by Gasteiger charge is 2.19. The molecule has 2 aromatic heterocycles. The molecule has 0 bridgehead atoms. The minimum absolute atomic E-state index is 0.0249. The van der Waals surface area contributed by atoms with Crippen molar-refractivity contribution >= 4 is 28.9 Å². The molecular weight excluding hydrogens is 272 g/mol. The van der Waals surface area contributed by atoms with Gasteiger partial charge >= 0.3 is 5.97 Å². The summed E-state index contributed by atoms with van der Waals surface area (Å²) in [6.07, 6.45) is 1.51.